The summed E-state index contributed by atoms with van der Waals surface area (Å²) < 4.78 is 13.2. The minimum atomic E-state index is 0.796. The molecular formula is C25H27N5O2. The summed E-state index contributed by atoms with van der Waals surface area (Å²) in [5.74, 6) is 1.64. The molecule has 7 heteroatoms. The highest BCUT2D eigenvalue weighted by atomic mass is 16.5. The molecule has 7 nitrogen and oxygen atoms in total. The van der Waals surface area contributed by atoms with Gasteiger partial charge in [-0.2, -0.15) is 0 Å². The molecular weight excluding hydrogens is 402 g/mol. The van der Waals surface area contributed by atoms with E-state index in [0.717, 1.165) is 78.8 Å². The number of hydrogen-bond donors (Lipinski definition) is 1. The van der Waals surface area contributed by atoms with Gasteiger partial charge in [0.05, 0.1) is 31.4 Å². The van der Waals surface area contributed by atoms with Crippen molar-refractivity contribution in [2.24, 2.45) is 0 Å². The summed E-state index contributed by atoms with van der Waals surface area (Å²) in [6, 6.07) is 18.4. The van der Waals surface area contributed by atoms with Gasteiger partial charge in [-0.25, -0.2) is 9.97 Å². The maximum absolute atomic E-state index is 5.63. The molecule has 0 aliphatic carbocycles. The minimum absolute atomic E-state index is 0.796. The lowest BCUT2D eigenvalue weighted by Crippen LogP contribution is -2.39. The zero-order chi connectivity index (χ0) is 21.8. The molecule has 2 aromatic carbocycles. The van der Waals surface area contributed by atoms with Crippen molar-refractivity contribution in [3.05, 3.63) is 67.1 Å². The van der Waals surface area contributed by atoms with Crippen LogP contribution in [0.4, 0.5) is 5.82 Å². The summed E-state index contributed by atoms with van der Waals surface area (Å²) in [4.78, 5) is 11.7. The van der Waals surface area contributed by atoms with E-state index in [4.69, 9.17) is 9.47 Å². The smallest absolute Gasteiger partial charge is 0.150 e. The summed E-state index contributed by atoms with van der Waals surface area (Å²) >= 11 is 0. The van der Waals surface area contributed by atoms with E-state index in [1.165, 1.54) is 0 Å². The lowest BCUT2D eigenvalue weighted by Gasteiger charge is -2.26. The monoisotopic (exact) mass is 429 g/mol. The summed E-state index contributed by atoms with van der Waals surface area (Å²) in [7, 11) is 1.69. The van der Waals surface area contributed by atoms with Gasteiger partial charge in [-0.3, -0.25) is 9.47 Å². The molecule has 2 aromatic heterocycles. The number of para-hydroxylation sites is 2. The average molecular weight is 430 g/mol. The second kappa shape index (κ2) is 9.38. The third-order valence-corrected chi connectivity index (χ3v) is 5.84. The summed E-state index contributed by atoms with van der Waals surface area (Å²) in [6.45, 7) is 5.30. The van der Waals surface area contributed by atoms with E-state index in [1.54, 1.807) is 13.4 Å². The van der Waals surface area contributed by atoms with Crippen molar-refractivity contribution < 1.29 is 9.47 Å². The maximum Gasteiger partial charge on any atom is 0.150 e. The fourth-order valence-corrected chi connectivity index (χ4v) is 4.20. The first-order valence-electron chi connectivity index (χ1n) is 10.9. The highest BCUT2D eigenvalue weighted by Crippen LogP contribution is 2.36. The Morgan fingerprint density at radius 3 is 2.59 bits per heavy atom. The van der Waals surface area contributed by atoms with Crippen LogP contribution in [-0.4, -0.2) is 65.9 Å². The highest BCUT2D eigenvalue weighted by molar-refractivity contribution is 6.02. The van der Waals surface area contributed by atoms with Crippen LogP contribution in [0.3, 0.4) is 0 Å². The molecule has 0 saturated carbocycles. The largest absolute Gasteiger partial charge is 0.495 e. The molecule has 0 atom stereocenters. The number of fused-ring (bicyclic) bond motifs is 1. The number of hydrogen-bond acceptors (Lipinski definition) is 6. The normalized spacial score (nSPS) is 14.5. The van der Waals surface area contributed by atoms with Crippen LogP contribution in [0.25, 0.3) is 27.8 Å². The highest BCUT2D eigenvalue weighted by Gasteiger charge is 2.19. The van der Waals surface area contributed by atoms with Crippen molar-refractivity contribution in [2.45, 2.75) is 0 Å². The van der Waals surface area contributed by atoms with Crippen LogP contribution in [-0.2, 0) is 4.74 Å². The first-order chi connectivity index (χ1) is 15.8. The lowest BCUT2D eigenvalue weighted by atomic mass is 10.1. The van der Waals surface area contributed by atoms with E-state index in [-0.39, 0.29) is 0 Å². The molecule has 1 aliphatic heterocycles. The van der Waals surface area contributed by atoms with Crippen molar-refractivity contribution >= 4 is 16.9 Å². The van der Waals surface area contributed by atoms with Gasteiger partial charge in [-0.05, 0) is 17.7 Å². The molecule has 1 fully saturated rings. The Hall–Kier alpha value is -3.42. The van der Waals surface area contributed by atoms with Crippen LogP contribution in [0.2, 0.25) is 0 Å². The third-order valence-electron chi connectivity index (χ3n) is 5.84. The van der Waals surface area contributed by atoms with Crippen LogP contribution >= 0.6 is 0 Å². The number of methoxy groups -OCH3 is 1. The molecule has 0 bridgehead atoms. The van der Waals surface area contributed by atoms with E-state index < -0.39 is 0 Å². The number of anilines is 1. The van der Waals surface area contributed by atoms with Crippen LogP contribution in [0, 0.1) is 0 Å². The molecule has 3 heterocycles. The summed E-state index contributed by atoms with van der Waals surface area (Å²) in [6.07, 6.45) is 3.75. The molecule has 0 unspecified atom stereocenters. The molecule has 5 rings (SSSR count). The standard InChI is InChI=1S/C25H27N5O2/c1-31-22-10-6-5-9-21(22)30-17-20(19-7-3-2-4-8-19)23-24(27-18-28-25(23)30)26-11-12-29-13-15-32-16-14-29/h2-10,17-18H,11-16H2,1H3,(H,26,27,28). The maximum atomic E-state index is 5.63. The van der Waals surface area contributed by atoms with Gasteiger partial charge in [0.15, 0.2) is 5.65 Å². The van der Waals surface area contributed by atoms with E-state index in [2.05, 4.69) is 55.2 Å². The Labute approximate surface area is 187 Å². The number of benzene rings is 2. The van der Waals surface area contributed by atoms with Crippen molar-refractivity contribution in [3.8, 4) is 22.6 Å². The number of aromatic nitrogens is 3. The Morgan fingerprint density at radius 2 is 1.78 bits per heavy atom. The van der Waals surface area contributed by atoms with Crippen LogP contribution in [0.5, 0.6) is 5.75 Å². The summed E-state index contributed by atoms with van der Waals surface area (Å²) in [5, 5.41) is 4.57. The van der Waals surface area contributed by atoms with E-state index in [1.807, 2.05) is 30.3 Å². The van der Waals surface area contributed by atoms with Crippen LogP contribution in [0.1, 0.15) is 0 Å². The van der Waals surface area contributed by atoms with Crippen molar-refractivity contribution in [1.29, 1.82) is 0 Å². The van der Waals surface area contributed by atoms with Gasteiger partial charge in [0.25, 0.3) is 0 Å². The second-order valence-corrected chi connectivity index (χ2v) is 7.75. The van der Waals surface area contributed by atoms with Gasteiger partial charge in [-0.15, -0.1) is 0 Å². The fraction of sp³-hybridized carbons (Fsp3) is 0.280. The molecule has 32 heavy (non-hydrogen) atoms. The van der Waals surface area contributed by atoms with Crippen molar-refractivity contribution in [2.75, 3.05) is 51.8 Å². The van der Waals surface area contributed by atoms with Gasteiger partial charge in [0, 0.05) is 37.9 Å². The zero-order valence-electron chi connectivity index (χ0n) is 18.2. The fourth-order valence-electron chi connectivity index (χ4n) is 4.20. The topological polar surface area (TPSA) is 64.4 Å². The average Bonchev–Trinajstić information content (AvgIpc) is 3.26. The number of nitrogens with one attached hydrogen (secondary N) is 1. The Balaban J connectivity index is 1.57. The number of ether oxygens (including phenoxy) is 2. The zero-order valence-corrected chi connectivity index (χ0v) is 18.2. The van der Waals surface area contributed by atoms with Crippen LogP contribution in [0.15, 0.2) is 67.1 Å². The van der Waals surface area contributed by atoms with Gasteiger partial charge >= 0.3 is 0 Å². The lowest BCUT2D eigenvalue weighted by molar-refractivity contribution is 0.0398. The first kappa shape index (κ1) is 20.5. The molecule has 0 radical (unpaired) electrons. The Kier molecular flexibility index (Phi) is 6.00. The van der Waals surface area contributed by atoms with Crippen molar-refractivity contribution in [1.82, 2.24) is 19.4 Å². The quantitative estimate of drug-likeness (QED) is 0.482. The van der Waals surface area contributed by atoms with Gasteiger partial charge < -0.3 is 14.8 Å². The van der Waals surface area contributed by atoms with Crippen molar-refractivity contribution in [3.63, 3.8) is 0 Å². The van der Waals surface area contributed by atoms with Gasteiger partial charge in [0.1, 0.15) is 17.9 Å². The van der Waals surface area contributed by atoms with E-state index >= 15 is 0 Å². The Bertz CT molecular complexity index is 1190. The van der Waals surface area contributed by atoms with Gasteiger partial charge in [0.2, 0.25) is 0 Å². The van der Waals surface area contributed by atoms with Gasteiger partial charge in [-0.1, -0.05) is 42.5 Å². The number of nitrogens with zero attached hydrogens (tertiary/aromatic N) is 4. The van der Waals surface area contributed by atoms with E-state index in [0.29, 0.717) is 0 Å². The molecule has 4 aromatic rings. The number of morpholine rings is 1. The number of rotatable bonds is 7. The molecule has 1 saturated heterocycles. The molecule has 0 spiro atoms. The molecule has 164 valence electrons. The second-order valence-electron chi connectivity index (χ2n) is 7.75. The predicted molar refractivity (Wildman–Crippen MR) is 127 cm³/mol. The molecule has 1 N–H and O–H groups in total. The SMILES string of the molecule is COc1ccccc1-n1cc(-c2ccccc2)c2c(NCCN3CCOCC3)ncnc21. The third kappa shape index (κ3) is 4.04. The molecule has 0 amide bonds. The van der Waals surface area contributed by atoms with E-state index in [9.17, 15) is 0 Å². The summed E-state index contributed by atoms with van der Waals surface area (Å²) in [5.41, 5.74) is 4.00. The minimum Gasteiger partial charge on any atom is -0.495 e. The molecule has 1 aliphatic rings. The first-order valence-corrected chi connectivity index (χ1v) is 10.9. The Morgan fingerprint density at radius 1 is 1.00 bits per heavy atom. The van der Waals surface area contributed by atoms with Crippen LogP contribution < -0.4 is 10.1 Å². The predicted octanol–water partition coefficient (Wildman–Crippen LogP) is 3.84.